The van der Waals surface area contributed by atoms with E-state index in [0.717, 1.165) is 25.6 Å². The normalized spacial score (nSPS) is 26.9. The van der Waals surface area contributed by atoms with Crippen molar-refractivity contribution in [1.82, 2.24) is 9.80 Å². The summed E-state index contributed by atoms with van der Waals surface area (Å²) in [4.78, 5) is 16.5. The van der Waals surface area contributed by atoms with Crippen molar-refractivity contribution in [2.75, 3.05) is 37.7 Å². The first-order chi connectivity index (χ1) is 9.91. The molecule has 0 aliphatic carbocycles. The van der Waals surface area contributed by atoms with E-state index in [2.05, 4.69) is 11.8 Å². The van der Waals surface area contributed by atoms with Gasteiger partial charge >= 0.3 is 0 Å². The molecule has 0 radical (unpaired) electrons. The first-order valence-corrected chi connectivity index (χ1v) is 9.95. The van der Waals surface area contributed by atoms with Crippen molar-refractivity contribution in [2.24, 2.45) is 5.92 Å². The van der Waals surface area contributed by atoms with Gasteiger partial charge in [-0.3, -0.25) is 4.79 Å². The summed E-state index contributed by atoms with van der Waals surface area (Å²) < 4.78 is 23.1. The zero-order chi connectivity index (χ0) is 15.5. The van der Waals surface area contributed by atoms with Crippen LogP contribution in [0, 0.1) is 5.92 Å². The summed E-state index contributed by atoms with van der Waals surface area (Å²) in [6.07, 6.45) is 3.54. The molecule has 2 rings (SSSR count). The molecule has 122 valence electrons. The molecular weight excluding hydrogens is 288 g/mol. The predicted octanol–water partition coefficient (Wildman–Crippen LogP) is 1.14. The number of sulfone groups is 1. The second-order valence-corrected chi connectivity index (χ2v) is 8.74. The van der Waals surface area contributed by atoms with Crippen molar-refractivity contribution < 1.29 is 13.2 Å². The molecule has 0 aromatic heterocycles. The number of rotatable bonds is 5. The molecule has 0 bridgehead atoms. The number of likely N-dealkylation sites (tertiary alicyclic amines) is 1. The topological polar surface area (TPSA) is 57.7 Å². The Bertz CT molecular complexity index is 456. The van der Waals surface area contributed by atoms with Gasteiger partial charge in [-0.05, 0) is 45.2 Å². The molecule has 2 heterocycles. The molecule has 2 aliphatic heterocycles. The van der Waals surface area contributed by atoms with E-state index >= 15 is 0 Å². The van der Waals surface area contributed by atoms with E-state index in [1.807, 2.05) is 6.92 Å². The summed E-state index contributed by atoms with van der Waals surface area (Å²) in [5, 5.41) is 0. The van der Waals surface area contributed by atoms with Gasteiger partial charge in [0, 0.05) is 25.6 Å². The Hall–Kier alpha value is -0.620. The van der Waals surface area contributed by atoms with E-state index in [0.29, 0.717) is 19.4 Å². The van der Waals surface area contributed by atoms with Gasteiger partial charge in [0.25, 0.3) is 0 Å². The Morgan fingerprint density at radius 2 is 1.90 bits per heavy atom. The predicted molar refractivity (Wildman–Crippen MR) is 83.9 cm³/mol. The first-order valence-electron chi connectivity index (χ1n) is 8.13. The number of hydrogen-bond acceptors (Lipinski definition) is 4. The lowest BCUT2D eigenvalue weighted by molar-refractivity contribution is -0.133. The molecule has 2 saturated heterocycles. The van der Waals surface area contributed by atoms with E-state index in [-0.39, 0.29) is 23.5 Å². The zero-order valence-corrected chi connectivity index (χ0v) is 14.1. The molecule has 1 atom stereocenters. The summed E-state index contributed by atoms with van der Waals surface area (Å²) in [5.74, 6) is 1.28. The first kappa shape index (κ1) is 16.7. The van der Waals surface area contributed by atoms with Crippen LogP contribution in [0.1, 0.15) is 39.5 Å². The lowest BCUT2D eigenvalue weighted by Crippen LogP contribution is -2.43. The van der Waals surface area contributed by atoms with Gasteiger partial charge in [0.1, 0.15) is 0 Å². The second-order valence-electron chi connectivity index (χ2n) is 6.51. The van der Waals surface area contributed by atoms with Crippen molar-refractivity contribution in [3.63, 3.8) is 0 Å². The van der Waals surface area contributed by atoms with Crippen LogP contribution in [0.4, 0.5) is 0 Å². The highest BCUT2D eigenvalue weighted by Gasteiger charge is 2.33. The SMILES string of the molecule is CCN(C(=O)CCN1CCC(C)CC1)C1CCS(=O)(=O)C1. The van der Waals surface area contributed by atoms with Crippen molar-refractivity contribution in [1.29, 1.82) is 0 Å². The van der Waals surface area contributed by atoms with Crippen molar-refractivity contribution in [2.45, 2.75) is 45.6 Å². The molecule has 2 aliphatic rings. The van der Waals surface area contributed by atoms with Crippen LogP contribution in [-0.4, -0.2) is 67.9 Å². The molecule has 5 nitrogen and oxygen atoms in total. The largest absolute Gasteiger partial charge is 0.339 e. The minimum atomic E-state index is -2.93. The zero-order valence-electron chi connectivity index (χ0n) is 13.3. The Kier molecular flexibility index (Phi) is 5.66. The molecule has 0 aromatic rings. The van der Waals surface area contributed by atoms with Gasteiger partial charge in [-0.25, -0.2) is 8.42 Å². The molecule has 1 unspecified atom stereocenters. The van der Waals surface area contributed by atoms with Crippen molar-refractivity contribution in [3.05, 3.63) is 0 Å². The molecule has 0 N–H and O–H groups in total. The maximum Gasteiger partial charge on any atom is 0.224 e. The summed E-state index contributed by atoms with van der Waals surface area (Å²) >= 11 is 0. The number of carbonyl (C=O) groups is 1. The summed E-state index contributed by atoms with van der Waals surface area (Å²) in [7, 11) is -2.93. The summed E-state index contributed by atoms with van der Waals surface area (Å²) in [6.45, 7) is 7.79. The van der Waals surface area contributed by atoms with Gasteiger partial charge in [-0.1, -0.05) is 6.92 Å². The number of piperidine rings is 1. The molecule has 0 saturated carbocycles. The fraction of sp³-hybridized carbons (Fsp3) is 0.933. The standard InChI is InChI=1S/C15H28N2O3S/c1-3-17(14-7-11-21(19,20)12-14)15(18)6-10-16-8-4-13(2)5-9-16/h13-14H,3-12H2,1-2H3. The van der Waals surface area contributed by atoms with Gasteiger partial charge in [0.15, 0.2) is 9.84 Å². The molecule has 0 aromatic carbocycles. The molecule has 0 spiro atoms. The van der Waals surface area contributed by atoms with E-state index in [1.165, 1.54) is 12.8 Å². The monoisotopic (exact) mass is 316 g/mol. The van der Waals surface area contributed by atoms with Crippen LogP contribution in [0.5, 0.6) is 0 Å². The van der Waals surface area contributed by atoms with Crippen molar-refractivity contribution in [3.8, 4) is 0 Å². The van der Waals surface area contributed by atoms with E-state index in [4.69, 9.17) is 0 Å². The van der Waals surface area contributed by atoms with Gasteiger partial charge in [0.05, 0.1) is 11.5 Å². The van der Waals surface area contributed by atoms with Gasteiger partial charge in [0.2, 0.25) is 5.91 Å². The van der Waals surface area contributed by atoms with Crippen LogP contribution in [0.25, 0.3) is 0 Å². The van der Waals surface area contributed by atoms with Crippen LogP contribution >= 0.6 is 0 Å². The maximum atomic E-state index is 12.4. The highest BCUT2D eigenvalue weighted by Crippen LogP contribution is 2.19. The Morgan fingerprint density at radius 3 is 2.43 bits per heavy atom. The number of amides is 1. The average molecular weight is 316 g/mol. The summed E-state index contributed by atoms with van der Waals surface area (Å²) in [5.41, 5.74) is 0. The Balaban J connectivity index is 1.81. The minimum Gasteiger partial charge on any atom is -0.339 e. The third kappa shape index (κ3) is 4.68. The van der Waals surface area contributed by atoms with E-state index < -0.39 is 9.84 Å². The lowest BCUT2D eigenvalue weighted by Gasteiger charge is -2.32. The highest BCUT2D eigenvalue weighted by molar-refractivity contribution is 7.91. The fourth-order valence-corrected chi connectivity index (χ4v) is 5.07. The smallest absolute Gasteiger partial charge is 0.224 e. The van der Waals surface area contributed by atoms with Gasteiger partial charge in [-0.2, -0.15) is 0 Å². The van der Waals surface area contributed by atoms with Crippen LogP contribution < -0.4 is 0 Å². The van der Waals surface area contributed by atoms with E-state index in [9.17, 15) is 13.2 Å². The maximum absolute atomic E-state index is 12.4. The second kappa shape index (κ2) is 7.09. The summed E-state index contributed by atoms with van der Waals surface area (Å²) in [6, 6.07) is -0.103. The van der Waals surface area contributed by atoms with E-state index in [1.54, 1.807) is 4.90 Å². The fourth-order valence-electron chi connectivity index (χ4n) is 3.34. The van der Waals surface area contributed by atoms with Crippen molar-refractivity contribution >= 4 is 15.7 Å². The molecule has 1 amide bonds. The molecule has 21 heavy (non-hydrogen) atoms. The highest BCUT2D eigenvalue weighted by atomic mass is 32.2. The quantitative estimate of drug-likeness (QED) is 0.763. The lowest BCUT2D eigenvalue weighted by atomic mass is 9.99. The Labute approximate surface area is 128 Å². The van der Waals surface area contributed by atoms with Crippen LogP contribution in [0.2, 0.25) is 0 Å². The number of carbonyl (C=O) groups excluding carboxylic acids is 1. The van der Waals surface area contributed by atoms with Crippen LogP contribution in [0.3, 0.4) is 0 Å². The average Bonchev–Trinajstić information content (AvgIpc) is 2.79. The molecule has 6 heteroatoms. The molecule has 2 fully saturated rings. The Morgan fingerprint density at radius 1 is 1.24 bits per heavy atom. The minimum absolute atomic E-state index is 0.103. The molecular formula is C15H28N2O3S. The third-order valence-corrected chi connectivity index (χ3v) is 6.58. The van der Waals surface area contributed by atoms with Crippen LogP contribution in [-0.2, 0) is 14.6 Å². The van der Waals surface area contributed by atoms with Crippen LogP contribution in [0.15, 0.2) is 0 Å². The number of nitrogens with zero attached hydrogens (tertiary/aromatic N) is 2. The number of hydrogen-bond donors (Lipinski definition) is 0. The van der Waals surface area contributed by atoms with Gasteiger partial charge < -0.3 is 9.80 Å². The third-order valence-electron chi connectivity index (χ3n) is 4.83. The van der Waals surface area contributed by atoms with Gasteiger partial charge in [-0.15, -0.1) is 0 Å².